The number of amides is 2. The van der Waals surface area contributed by atoms with Crippen LogP contribution in [0.3, 0.4) is 0 Å². The summed E-state index contributed by atoms with van der Waals surface area (Å²) in [6.07, 6.45) is 7.19. The lowest BCUT2D eigenvalue weighted by Crippen LogP contribution is -2.62. The van der Waals surface area contributed by atoms with E-state index in [2.05, 4.69) is 15.5 Å². The molecule has 5 rings (SSSR count). The molecule has 4 aliphatic rings. The fraction of sp³-hybridized carbons (Fsp3) is 0.636. The summed E-state index contributed by atoms with van der Waals surface area (Å²) >= 11 is 0. The number of benzene rings is 1. The Hall–Kier alpha value is -1.95. The van der Waals surface area contributed by atoms with Gasteiger partial charge in [-0.1, -0.05) is 12.1 Å². The van der Waals surface area contributed by atoms with Crippen molar-refractivity contribution in [2.24, 2.45) is 17.8 Å². The maximum absolute atomic E-state index is 13.3. The molecule has 2 amide bonds. The number of carbonyl (C=O) groups is 2. The number of nitrogens with one attached hydrogen (secondary N) is 2. The fourth-order valence-corrected chi connectivity index (χ4v) is 6.16. The van der Waals surface area contributed by atoms with Crippen LogP contribution in [0.2, 0.25) is 0 Å². The standard InChI is InChI=1S/C22H30FN3O2/c1-24-20(27)12-25-13-21(28)26(14-15-2-4-19(23)5-3-15)22-9-16-6-17(10-22)8-18(7-16)11-22/h2-5,16-18,25H,6-14H2,1H3,(H,24,27). The molecule has 2 N–H and O–H groups in total. The molecule has 6 heteroatoms. The van der Waals surface area contributed by atoms with Crippen molar-refractivity contribution >= 4 is 11.8 Å². The molecule has 0 unspecified atom stereocenters. The minimum atomic E-state index is -0.260. The third-order valence-corrected chi connectivity index (χ3v) is 6.97. The van der Waals surface area contributed by atoms with Gasteiger partial charge in [-0.05, 0) is 74.0 Å². The molecule has 0 radical (unpaired) electrons. The van der Waals surface area contributed by atoms with E-state index >= 15 is 0 Å². The van der Waals surface area contributed by atoms with Crippen molar-refractivity contribution in [1.82, 2.24) is 15.5 Å². The first kappa shape index (κ1) is 19.4. The van der Waals surface area contributed by atoms with Crippen LogP contribution in [-0.2, 0) is 16.1 Å². The average Bonchev–Trinajstić information content (AvgIpc) is 2.66. The third-order valence-electron chi connectivity index (χ3n) is 6.97. The van der Waals surface area contributed by atoms with E-state index in [4.69, 9.17) is 0 Å². The van der Waals surface area contributed by atoms with E-state index < -0.39 is 0 Å². The number of hydrogen-bond donors (Lipinski definition) is 2. The maximum Gasteiger partial charge on any atom is 0.237 e. The second-order valence-electron chi connectivity index (χ2n) is 9.02. The van der Waals surface area contributed by atoms with Gasteiger partial charge in [0, 0.05) is 19.1 Å². The maximum atomic E-state index is 13.3. The summed E-state index contributed by atoms with van der Waals surface area (Å²) in [5, 5.41) is 5.54. The van der Waals surface area contributed by atoms with Crippen LogP contribution in [0.5, 0.6) is 0 Å². The van der Waals surface area contributed by atoms with E-state index in [1.54, 1.807) is 19.2 Å². The molecule has 4 fully saturated rings. The summed E-state index contributed by atoms with van der Waals surface area (Å²) in [7, 11) is 1.59. The Morgan fingerprint density at radius 1 is 1.04 bits per heavy atom. The summed E-state index contributed by atoms with van der Waals surface area (Å²) < 4.78 is 13.3. The number of halogens is 1. The number of hydrogen-bond acceptors (Lipinski definition) is 3. The lowest BCUT2D eigenvalue weighted by atomic mass is 9.52. The van der Waals surface area contributed by atoms with Crippen molar-refractivity contribution in [3.8, 4) is 0 Å². The lowest BCUT2D eigenvalue weighted by molar-refractivity contribution is -0.151. The first-order chi connectivity index (χ1) is 13.5. The second kappa shape index (κ2) is 7.82. The Kier molecular flexibility index (Phi) is 5.41. The van der Waals surface area contributed by atoms with Crippen LogP contribution < -0.4 is 10.6 Å². The highest BCUT2D eigenvalue weighted by Crippen LogP contribution is 2.58. The Labute approximate surface area is 166 Å². The van der Waals surface area contributed by atoms with Crippen molar-refractivity contribution in [3.05, 3.63) is 35.6 Å². The van der Waals surface area contributed by atoms with Crippen LogP contribution >= 0.6 is 0 Å². The lowest BCUT2D eigenvalue weighted by Gasteiger charge is -2.60. The molecule has 5 nitrogen and oxygen atoms in total. The zero-order chi connectivity index (χ0) is 19.7. The van der Waals surface area contributed by atoms with Crippen molar-refractivity contribution < 1.29 is 14.0 Å². The van der Waals surface area contributed by atoms with Crippen molar-refractivity contribution in [2.45, 2.75) is 50.6 Å². The average molecular weight is 387 g/mol. The first-order valence-electron chi connectivity index (χ1n) is 10.4. The van der Waals surface area contributed by atoms with Gasteiger partial charge in [-0.2, -0.15) is 0 Å². The SMILES string of the molecule is CNC(=O)CNCC(=O)N(Cc1ccc(F)cc1)C12CC3CC(CC(C3)C1)C2. The fourth-order valence-electron chi connectivity index (χ4n) is 6.16. The van der Waals surface area contributed by atoms with Crippen LogP contribution in [0.15, 0.2) is 24.3 Å². The predicted molar refractivity (Wildman–Crippen MR) is 105 cm³/mol. The molecule has 0 aromatic heterocycles. The summed E-state index contributed by atoms with van der Waals surface area (Å²) in [4.78, 5) is 26.8. The zero-order valence-corrected chi connectivity index (χ0v) is 16.5. The molecule has 0 heterocycles. The van der Waals surface area contributed by atoms with E-state index in [9.17, 15) is 14.0 Å². The molecule has 0 aliphatic heterocycles. The molecule has 1 aromatic carbocycles. The minimum absolute atomic E-state index is 0.0372. The first-order valence-corrected chi connectivity index (χ1v) is 10.4. The summed E-state index contributed by atoms with van der Waals surface area (Å²) in [6, 6.07) is 6.46. The van der Waals surface area contributed by atoms with E-state index in [1.165, 1.54) is 31.4 Å². The molecule has 4 aliphatic carbocycles. The topological polar surface area (TPSA) is 61.4 Å². The van der Waals surface area contributed by atoms with Gasteiger partial charge in [-0.3, -0.25) is 14.9 Å². The van der Waals surface area contributed by atoms with Gasteiger partial charge >= 0.3 is 0 Å². The summed E-state index contributed by atoms with van der Waals surface area (Å²) in [5.74, 6) is 1.84. The Bertz CT molecular complexity index is 699. The molecular weight excluding hydrogens is 357 g/mol. The summed E-state index contributed by atoms with van der Waals surface area (Å²) in [5.41, 5.74) is 0.881. The molecule has 0 atom stereocenters. The van der Waals surface area contributed by atoms with Gasteiger partial charge in [-0.15, -0.1) is 0 Å². The largest absolute Gasteiger partial charge is 0.358 e. The Balaban J connectivity index is 1.53. The van der Waals surface area contributed by atoms with Gasteiger partial charge in [0.2, 0.25) is 11.8 Å². The number of carbonyl (C=O) groups excluding carboxylic acids is 2. The smallest absolute Gasteiger partial charge is 0.237 e. The molecule has 28 heavy (non-hydrogen) atoms. The highest BCUT2D eigenvalue weighted by Gasteiger charge is 2.54. The van der Waals surface area contributed by atoms with Gasteiger partial charge in [0.15, 0.2) is 0 Å². The van der Waals surface area contributed by atoms with Crippen LogP contribution in [0.4, 0.5) is 4.39 Å². The van der Waals surface area contributed by atoms with Gasteiger partial charge < -0.3 is 10.2 Å². The molecule has 0 saturated heterocycles. The van der Waals surface area contributed by atoms with Gasteiger partial charge in [0.05, 0.1) is 13.1 Å². The van der Waals surface area contributed by atoms with Crippen molar-refractivity contribution in [2.75, 3.05) is 20.1 Å². The monoisotopic (exact) mass is 387 g/mol. The molecular formula is C22H30FN3O2. The Morgan fingerprint density at radius 3 is 2.14 bits per heavy atom. The van der Waals surface area contributed by atoms with E-state index in [-0.39, 0.29) is 36.3 Å². The van der Waals surface area contributed by atoms with Crippen molar-refractivity contribution in [3.63, 3.8) is 0 Å². The van der Waals surface area contributed by atoms with E-state index in [0.29, 0.717) is 6.54 Å². The normalized spacial score (nSPS) is 30.3. The predicted octanol–water partition coefficient (Wildman–Crippen LogP) is 2.46. The van der Waals surface area contributed by atoms with Gasteiger partial charge in [0.25, 0.3) is 0 Å². The number of rotatable bonds is 7. The van der Waals surface area contributed by atoms with Crippen LogP contribution in [0.1, 0.15) is 44.1 Å². The summed E-state index contributed by atoms with van der Waals surface area (Å²) in [6.45, 7) is 0.788. The van der Waals surface area contributed by atoms with Gasteiger partial charge in [0.1, 0.15) is 5.82 Å². The minimum Gasteiger partial charge on any atom is -0.358 e. The van der Waals surface area contributed by atoms with E-state index in [1.807, 2.05) is 0 Å². The highest BCUT2D eigenvalue weighted by atomic mass is 19.1. The molecule has 4 bridgehead atoms. The number of nitrogens with zero attached hydrogens (tertiary/aromatic N) is 1. The van der Waals surface area contributed by atoms with Crippen LogP contribution in [0, 0.1) is 23.6 Å². The van der Waals surface area contributed by atoms with Crippen LogP contribution in [0.25, 0.3) is 0 Å². The van der Waals surface area contributed by atoms with Crippen molar-refractivity contribution in [1.29, 1.82) is 0 Å². The zero-order valence-electron chi connectivity index (χ0n) is 16.5. The third kappa shape index (κ3) is 3.93. The molecule has 152 valence electrons. The highest BCUT2D eigenvalue weighted by molar-refractivity contribution is 5.81. The Morgan fingerprint density at radius 2 is 1.61 bits per heavy atom. The van der Waals surface area contributed by atoms with Gasteiger partial charge in [-0.25, -0.2) is 4.39 Å². The molecule has 1 aromatic rings. The molecule has 0 spiro atoms. The second-order valence-corrected chi connectivity index (χ2v) is 9.02. The van der Waals surface area contributed by atoms with Crippen LogP contribution in [-0.4, -0.2) is 42.4 Å². The molecule has 4 saturated carbocycles. The quantitative estimate of drug-likeness (QED) is 0.756. The van der Waals surface area contributed by atoms with E-state index in [0.717, 1.165) is 42.6 Å². The number of likely N-dealkylation sites (N-methyl/N-ethyl adjacent to an activating group) is 1.